The lowest BCUT2D eigenvalue weighted by Crippen LogP contribution is -2.43. The van der Waals surface area contributed by atoms with Crippen LogP contribution in [0.1, 0.15) is 18.9 Å². The van der Waals surface area contributed by atoms with Gasteiger partial charge in [0.15, 0.2) is 0 Å². The minimum atomic E-state index is 0.510. The van der Waals surface area contributed by atoms with Crippen LogP contribution in [-0.2, 0) is 11.2 Å². The predicted molar refractivity (Wildman–Crippen MR) is 76.6 cm³/mol. The second-order valence-electron chi connectivity index (χ2n) is 4.74. The third kappa shape index (κ3) is 3.61. The van der Waals surface area contributed by atoms with Gasteiger partial charge in [0.2, 0.25) is 0 Å². The Morgan fingerprint density at radius 2 is 2.17 bits per heavy atom. The van der Waals surface area contributed by atoms with Crippen LogP contribution >= 0.6 is 23.2 Å². The SMILES string of the molecule is CCNC1CCOCC1Cc1ccc(Cl)c(Cl)c1. The van der Waals surface area contributed by atoms with Crippen LogP contribution in [0.5, 0.6) is 0 Å². The second-order valence-corrected chi connectivity index (χ2v) is 5.55. The van der Waals surface area contributed by atoms with E-state index in [0.29, 0.717) is 22.0 Å². The van der Waals surface area contributed by atoms with E-state index in [1.54, 1.807) is 0 Å². The van der Waals surface area contributed by atoms with E-state index in [4.69, 9.17) is 27.9 Å². The summed E-state index contributed by atoms with van der Waals surface area (Å²) in [4.78, 5) is 0. The third-order valence-electron chi connectivity index (χ3n) is 3.42. The minimum Gasteiger partial charge on any atom is -0.381 e. The van der Waals surface area contributed by atoms with Gasteiger partial charge in [0.25, 0.3) is 0 Å². The molecule has 2 nitrogen and oxygen atoms in total. The normalized spacial score (nSPS) is 24.2. The first kappa shape index (κ1) is 14.1. The van der Waals surface area contributed by atoms with Gasteiger partial charge in [-0.1, -0.05) is 36.2 Å². The summed E-state index contributed by atoms with van der Waals surface area (Å²) in [5.74, 6) is 0.510. The smallest absolute Gasteiger partial charge is 0.0595 e. The van der Waals surface area contributed by atoms with Crippen LogP contribution in [0.15, 0.2) is 18.2 Å². The van der Waals surface area contributed by atoms with Crippen molar-refractivity contribution >= 4 is 23.2 Å². The van der Waals surface area contributed by atoms with E-state index >= 15 is 0 Å². The lowest BCUT2D eigenvalue weighted by atomic mass is 9.89. The monoisotopic (exact) mass is 287 g/mol. The molecule has 1 heterocycles. The van der Waals surface area contributed by atoms with Gasteiger partial charge in [-0.25, -0.2) is 0 Å². The van der Waals surface area contributed by atoms with Crippen LogP contribution in [-0.4, -0.2) is 25.8 Å². The number of nitrogens with one attached hydrogen (secondary N) is 1. The van der Waals surface area contributed by atoms with E-state index in [1.165, 1.54) is 5.56 Å². The molecule has 0 saturated carbocycles. The average Bonchev–Trinajstić information content (AvgIpc) is 2.37. The van der Waals surface area contributed by atoms with Crippen molar-refractivity contribution in [2.45, 2.75) is 25.8 Å². The molecular weight excluding hydrogens is 269 g/mol. The van der Waals surface area contributed by atoms with E-state index < -0.39 is 0 Å². The second kappa shape index (κ2) is 6.76. The van der Waals surface area contributed by atoms with Crippen molar-refractivity contribution in [1.82, 2.24) is 5.32 Å². The summed E-state index contributed by atoms with van der Waals surface area (Å²) in [6.07, 6.45) is 2.06. The first-order valence-corrected chi connectivity index (χ1v) is 7.21. The molecule has 0 bridgehead atoms. The maximum atomic E-state index is 6.05. The maximum Gasteiger partial charge on any atom is 0.0595 e. The fraction of sp³-hybridized carbons (Fsp3) is 0.571. The van der Waals surface area contributed by atoms with Gasteiger partial charge in [0.05, 0.1) is 16.7 Å². The van der Waals surface area contributed by atoms with Crippen LogP contribution in [0.25, 0.3) is 0 Å². The zero-order chi connectivity index (χ0) is 13.0. The lowest BCUT2D eigenvalue weighted by Gasteiger charge is -2.32. The molecule has 1 fully saturated rings. The number of hydrogen-bond acceptors (Lipinski definition) is 2. The molecule has 4 heteroatoms. The van der Waals surface area contributed by atoms with Crippen LogP contribution in [0.3, 0.4) is 0 Å². The highest BCUT2D eigenvalue weighted by molar-refractivity contribution is 6.42. The Labute approximate surface area is 119 Å². The van der Waals surface area contributed by atoms with Crippen LogP contribution in [0.4, 0.5) is 0 Å². The van der Waals surface area contributed by atoms with Gasteiger partial charge >= 0.3 is 0 Å². The van der Waals surface area contributed by atoms with Gasteiger partial charge in [0, 0.05) is 18.6 Å². The first-order valence-electron chi connectivity index (χ1n) is 6.45. The number of ether oxygens (including phenoxy) is 1. The van der Waals surface area contributed by atoms with E-state index in [2.05, 4.69) is 12.2 Å². The molecule has 0 radical (unpaired) electrons. The number of halogens is 2. The summed E-state index contributed by atoms with van der Waals surface area (Å²) < 4.78 is 5.59. The maximum absolute atomic E-state index is 6.05. The van der Waals surface area contributed by atoms with Crippen LogP contribution in [0.2, 0.25) is 10.0 Å². The third-order valence-corrected chi connectivity index (χ3v) is 4.16. The molecule has 1 saturated heterocycles. The Hall–Kier alpha value is -0.280. The molecule has 0 aromatic heterocycles. The molecule has 0 spiro atoms. The molecule has 2 atom stereocenters. The fourth-order valence-corrected chi connectivity index (χ4v) is 2.82. The first-order chi connectivity index (χ1) is 8.70. The highest BCUT2D eigenvalue weighted by atomic mass is 35.5. The molecule has 1 aromatic carbocycles. The molecule has 100 valence electrons. The minimum absolute atomic E-state index is 0.510. The highest BCUT2D eigenvalue weighted by Crippen LogP contribution is 2.26. The Morgan fingerprint density at radius 3 is 2.89 bits per heavy atom. The van der Waals surface area contributed by atoms with E-state index in [1.807, 2.05) is 18.2 Å². The quantitative estimate of drug-likeness (QED) is 0.914. The highest BCUT2D eigenvalue weighted by Gasteiger charge is 2.25. The van der Waals surface area contributed by atoms with Gasteiger partial charge in [0.1, 0.15) is 0 Å². The molecule has 2 rings (SSSR count). The van der Waals surface area contributed by atoms with Crippen molar-refractivity contribution in [1.29, 1.82) is 0 Å². The number of benzene rings is 1. The van der Waals surface area contributed by atoms with Gasteiger partial charge in [-0.15, -0.1) is 0 Å². The molecule has 0 aliphatic carbocycles. The van der Waals surface area contributed by atoms with E-state index in [-0.39, 0.29) is 0 Å². The van der Waals surface area contributed by atoms with Gasteiger partial charge in [-0.2, -0.15) is 0 Å². The van der Waals surface area contributed by atoms with Crippen molar-refractivity contribution in [3.8, 4) is 0 Å². The average molecular weight is 288 g/mol. The summed E-state index contributed by atoms with van der Waals surface area (Å²) in [6.45, 7) is 4.82. The summed E-state index contributed by atoms with van der Waals surface area (Å²) in [7, 11) is 0. The van der Waals surface area contributed by atoms with E-state index in [0.717, 1.165) is 32.6 Å². The number of hydrogen-bond donors (Lipinski definition) is 1. The standard InChI is InChI=1S/C14H19Cl2NO/c1-2-17-14-5-6-18-9-11(14)7-10-3-4-12(15)13(16)8-10/h3-4,8,11,14,17H,2,5-7,9H2,1H3. The van der Waals surface area contributed by atoms with Crippen LogP contribution < -0.4 is 5.32 Å². The van der Waals surface area contributed by atoms with Crippen molar-refractivity contribution in [3.63, 3.8) is 0 Å². The summed E-state index contributed by atoms with van der Waals surface area (Å²) in [5, 5.41) is 4.79. The largest absolute Gasteiger partial charge is 0.381 e. The van der Waals surface area contributed by atoms with Gasteiger partial charge in [-0.05, 0) is 37.1 Å². The number of rotatable bonds is 4. The Morgan fingerprint density at radius 1 is 1.33 bits per heavy atom. The van der Waals surface area contributed by atoms with Crippen molar-refractivity contribution < 1.29 is 4.74 Å². The Kier molecular flexibility index (Phi) is 5.31. The molecule has 2 unspecified atom stereocenters. The van der Waals surface area contributed by atoms with Crippen molar-refractivity contribution in [3.05, 3.63) is 33.8 Å². The fourth-order valence-electron chi connectivity index (χ4n) is 2.50. The van der Waals surface area contributed by atoms with Crippen molar-refractivity contribution in [2.24, 2.45) is 5.92 Å². The summed E-state index contributed by atoms with van der Waals surface area (Å²) >= 11 is 12.0. The molecule has 1 N–H and O–H groups in total. The van der Waals surface area contributed by atoms with Crippen molar-refractivity contribution in [2.75, 3.05) is 19.8 Å². The zero-order valence-electron chi connectivity index (χ0n) is 10.6. The molecule has 1 aromatic rings. The predicted octanol–water partition coefficient (Wildman–Crippen LogP) is 3.55. The van der Waals surface area contributed by atoms with Gasteiger partial charge < -0.3 is 10.1 Å². The van der Waals surface area contributed by atoms with E-state index in [9.17, 15) is 0 Å². The Bertz CT molecular complexity index is 395. The molecule has 0 amide bonds. The summed E-state index contributed by atoms with van der Waals surface area (Å²) in [6, 6.07) is 6.41. The molecule has 18 heavy (non-hydrogen) atoms. The van der Waals surface area contributed by atoms with Gasteiger partial charge in [-0.3, -0.25) is 0 Å². The molecular formula is C14H19Cl2NO. The molecule has 1 aliphatic heterocycles. The zero-order valence-corrected chi connectivity index (χ0v) is 12.1. The lowest BCUT2D eigenvalue weighted by molar-refractivity contribution is 0.0327. The Balaban J connectivity index is 2.03. The molecule has 1 aliphatic rings. The van der Waals surface area contributed by atoms with Crippen LogP contribution in [0, 0.1) is 5.92 Å². The summed E-state index contributed by atoms with van der Waals surface area (Å²) in [5.41, 5.74) is 1.22. The topological polar surface area (TPSA) is 21.3 Å².